The number of carbonyl (C=O) groups excluding carboxylic acids is 1. The van der Waals surface area contributed by atoms with Crippen LogP contribution < -0.4 is 10.2 Å². The Hall–Kier alpha value is -2.15. The summed E-state index contributed by atoms with van der Waals surface area (Å²) in [4.78, 5) is 23.8. The quantitative estimate of drug-likeness (QED) is 0.645. The van der Waals surface area contributed by atoms with Crippen LogP contribution in [0.4, 0.5) is 11.4 Å². The first-order valence-electron chi connectivity index (χ1n) is 6.87. The molecule has 0 spiro atoms. The maximum absolute atomic E-state index is 11.2. The van der Waals surface area contributed by atoms with Crippen molar-refractivity contribution in [2.45, 2.75) is 32.4 Å². The molecule has 0 saturated carbocycles. The Morgan fingerprint density at radius 1 is 1.57 bits per heavy atom. The van der Waals surface area contributed by atoms with Crippen molar-refractivity contribution in [1.82, 2.24) is 5.32 Å². The summed E-state index contributed by atoms with van der Waals surface area (Å²) in [5.74, 6) is -0.0965. The van der Waals surface area contributed by atoms with Gasteiger partial charge in [-0.15, -0.1) is 0 Å². The topological polar surface area (TPSA) is 95.7 Å². The van der Waals surface area contributed by atoms with E-state index in [0.717, 1.165) is 6.42 Å². The fourth-order valence-electron chi connectivity index (χ4n) is 2.60. The van der Waals surface area contributed by atoms with Crippen molar-refractivity contribution in [2.24, 2.45) is 0 Å². The lowest BCUT2D eigenvalue weighted by molar-refractivity contribution is -0.384. The number of nitro benzene ring substituents is 1. The Morgan fingerprint density at radius 2 is 2.29 bits per heavy atom. The number of anilines is 1. The van der Waals surface area contributed by atoms with Crippen molar-refractivity contribution in [1.29, 1.82) is 0 Å². The van der Waals surface area contributed by atoms with Crippen LogP contribution >= 0.6 is 0 Å². The van der Waals surface area contributed by atoms with Crippen molar-refractivity contribution in [3.63, 3.8) is 0 Å². The monoisotopic (exact) mass is 293 g/mol. The first-order valence-corrected chi connectivity index (χ1v) is 6.87. The first-order chi connectivity index (χ1) is 9.88. The molecule has 2 rings (SSSR count). The van der Waals surface area contributed by atoms with Crippen LogP contribution in [0.1, 0.15) is 31.9 Å². The van der Waals surface area contributed by atoms with E-state index in [1.165, 1.54) is 13.0 Å². The molecule has 2 N–H and O–H groups in total. The highest BCUT2D eigenvalue weighted by atomic mass is 16.6. The van der Waals surface area contributed by atoms with Gasteiger partial charge in [-0.05, 0) is 25.0 Å². The molecule has 1 aliphatic heterocycles. The summed E-state index contributed by atoms with van der Waals surface area (Å²) in [6.07, 6.45) is 0.0120. The molecule has 1 aromatic carbocycles. The second kappa shape index (κ2) is 6.09. The Labute approximate surface area is 122 Å². The Morgan fingerprint density at radius 3 is 2.86 bits per heavy atom. The minimum atomic E-state index is -0.747. The van der Waals surface area contributed by atoms with E-state index in [1.807, 2.05) is 4.90 Å². The zero-order valence-electron chi connectivity index (χ0n) is 12.1. The number of nitrogens with one attached hydrogen (secondary N) is 1. The van der Waals surface area contributed by atoms with Crippen molar-refractivity contribution in [2.75, 3.05) is 18.0 Å². The van der Waals surface area contributed by atoms with Gasteiger partial charge in [-0.3, -0.25) is 14.9 Å². The lowest BCUT2D eigenvalue weighted by Crippen LogP contribution is -2.35. The van der Waals surface area contributed by atoms with Crippen LogP contribution in [-0.4, -0.2) is 35.1 Å². The van der Waals surface area contributed by atoms with Crippen LogP contribution in [0.5, 0.6) is 0 Å². The fourth-order valence-corrected chi connectivity index (χ4v) is 2.60. The maximum atomic E-state index is 11.2. The molecule has 2 atom stereocenters. The van der Waals surface area contributed by atoms with Gasteiger partial charge < -0.3 is 15.3 Å². The number of hydrogen-bond donors (Lipinski definition) is 2. The average molecular weight is 293 g/mol. The highest BCUT2D eigenvalue weighted by Gasteiger charge is 2.28. The summed E-state index contributed by atoms with van der Waals surface area (Å²) in [7, 11) is 0. The minimum Gasteiger partial charge on any atom is -0.389 e. The summed E-state index contributed by atoms with van der Waals surface area (Å²) in [6.45, 7) is 4.23. The molecule has 7 heteroatoms. The second-order valence-corrected chi connectivity index (χ2v) is 5.31. The van der Waals surface area contributed by atoms with Gasteiger partial charge in [0.2, 0.25) is 5.91 Å². The zero-order valence-corrected chi connectivity index (χ0v) is 12.1. The molecule has 0 aliphatic carbocycles. The van der Waals surface area contributed by atoms with Gasteiger partial charge in [0, 0.05) is 32.1 Å². The van der Waals surface area contributed by atoms with Gasteiger partial charge >= 0.3 is 0 Å². The van der Waals surface area contributed by atoms with Gasteiger partial charge in [-0.25, -0.2) is 0 Å². The minimum absolute atomic E-state index is 0.0125. The number of nitrogens with zero attached hydrogens (tertiary/aromatic N) is 2. The number of aliphatic hydroxyl groups is 1. The van der Waals surface area contributed by atoms with Gasteiger partial charge in [0.05, 0.1) is 11.0 Å². The SMILES string of the molecule is CC(=O)NC1CCN(c2ccc([C@@H](C)O)cc2[N+](=O)[O-])C1. The van der Waals surface area contributed by atoms with Crippen LogP contribution in [0, 0.1) is 10.1 Å². The highest BCUT2D eigenvalue weighted by molar-refractivity contribution is 5.73. The fraction of sp³-hybridized carbons (Fsp3) is 0.500. The molecular weight excluding hydrogens is 274 g/mol. The summed E-state index contributed by atoms with van der Waals surface area (Å²) in [5.41, 5.74) is 1.03. The predicted molar refractivity (Wildman–Crippen MR) is 78.2 cm³/mol. The molecule has 1 fully saturated rings. The molecule has 1 saturated heterocycles. The van der Waals surface area contributed by atoms with E-state index in [2.05, 4.69) is 5.32 Å². The highest BCUT2D eigenvalue weighted by Crippen LogP contribution is 2.33. The van der Waals surface area contributed by atoms with Crippen molar-refractivity contribution < 1.29 is 14.8 Å². The normalized spacial score (nSPS) is 19.4. The maximum Gasteiger partial charge on any atom is 0.292 e. The Balaban J connectivity index is 2.24. The number of rotatable bonds is 4. The van der Waals surface area contributed by atoms with E-state index >= 15 is 0 Å². The Kier molecular flexibility index (Phi) is 4.42. The summed E-state index contributed by atoms with van der Waals surface area (Å²) < 4.78 is 0. The molecule has 0 bridgehead atoms. The molecule has 1 aliphatic rings. The van der Waals surface area contributed by atoms with Crippen LogP contribution in [0.15, 0.2) is 18.2 Å². The number of hydrogen-bond acceptors (Lipinski definition) is 5. The Bertz CT molecular complexity index is 559. The van der Waals surface area contributed by atoms with E-state index in [0.29, 0.717) is 24.3 Å². The van der Waals surface area contributed by atoms with E-state index in [-0.39, 0.29) is 17.6 Å². The average Bonchev–Trinajstić information content (AvgIpc) is 2.85. The van der Waals surface area contributed by atoms with Crippen molar-refractivity contribution in [3.8, 4) is 0 Å². The third kappa shape index (κ3) is 3.49. The zero-order chi connectivity index (χ0) is 15.6. The van der Waals surface area contributed by atoms with Crippen LogP contribution in [0.25, 0.3) is 0 Å². The molecule has 1 unspecified atom stereocenters. The third-order valence-corrected chi connectivity index (χ3v) is 3.61. The molecule has 114 valence electrons. The molecule has 1 heterocycles. The summed E-state index contributed by atoms with van der Waals surface area (Å²) >= 11 is 0. The van der Waals surface area contributed by atoms with E-state index < -0.39 is 11.0 Å². The van der Waals surface area contributed by atoms with Gasteiger partial charge in [0.25, 0.3) is 5.69 Å². The van der Waals surface area contributed by atoms with Crippen LogP contribution in [-0.2, 0) is 4.79 Å². The van der Waals surface area contributed by atoms with E-state index in [9.17, 15) is 20.0 Å². The molecule has 1 amide bonds. The molecule has 7 nitrogen and oxygen atoms in total. The summed E-state index contributed by atoms with van der Waals surface area (Å²) in [6, 6.07) is 4.78. The molecule has 1 aromatic rings. The molecule has 0 aromatic heterocycles. The number of nitro groups is 1. The molecular formula is C14H19N3O4. The van der Waals surface area contributed by atoms with Crippen molar-refractivity contribution in [3.05, 3.63) is 33.9 Å². The lowest BCUT2D eigenvalue weighted by atomic mass is 10.1. The van der Waals surface area contributed by atoms with Gasteiger partial charge in [0.15, 0.2) is 0 Å². The number of carbonyl (C=O) groups is 1. The smallest absolute Gasteiger partial charge is 0.292 e. The molecule has 0 radical (unpaired) electrons. The van der Waals surface area contributed by atoms with Gasteiger partial charge in [-0.1, -0.05) is 6.07 Å². The van der Waals surface area contributed by atoms with Crippen LogP contribution in [0.2, 0.25) is 0 Å². The number of amides is 1. The van der Waals surface area contributed by atoms with E-state index in [4.69, 9.17) is 0 Å². The van der Waals surface area contributed by atoms with E-state index in [1.54, 1.807) is 19.1 Å². The lowest BCUT2D eigenvalue weighted by Gasteiger charge is -2.19. The van der Waals surface area contributed by atoms with Crippen LogP contribution in [0.3, 0.4) is 0 Å². The summed E-state index contributed by atoms with van der Waals surface area (Å²) in [5, 5.41) is 23.6. The first kappa shape index (κ1) is 15.2. The molecule has 21 heavy (non-hydrogen) atoms. The third-order valence-electron chi connectivity index (χ3n) is 3.61. The second-order valence-electron chi connectivity index (χ2n) is 5.31. The number of aliphatic hydroxyl groups excluding tert-OH is 1. The van der Waals surface area contributed by atoms with Gasteiger partial charge in [-0.2, -0.15) is 0 Å². The predicted octanol–water partition coefficient (Wildman–Crippen LogP) is 1.36. The van der Waals surface area contributed by atoms with Gasteiger partial charge in [0.1, 0.15) is 5.69 Å². The standard InChI is InChI=1S/C14H19N3O4/c1-9(18)11-3-4-13(14(7-11)17(20)21)16-6-5-12(8-16)15-10(2)19/h3-4,7,9,12,18H,5-6,8H2,1-2H3,(H,15,19)/t9-,12?/m1/s1. The largest absolute Gasteiger partial charge is 0.389 e. The van der Waals surface area contributed by atoms with Crippen molar-refractivity contribution >= 4 is 17.3 Å². The number of benzene rings is 1.